The number of hydrogen-bond donors (Lipinski definition) is 4. The summed E-state index contributed by atoms with van der Waals surface area (Å²) in [4.78, 5) is 25.3. The molecule has 1 saturated carbocycles. The number of benzene rings is 1. The summed E-state index contributed by atoms with van der Waals surface area (Å²) in [6, 6.07) is 10.4. The second kappa shape index (κ2) is 10.8. The highest BCUT2D eigenvalue weighted by Gasteiger charge is 2.25. The van der Waals surface area contributed by atoms with Crippen molar-refractivity contribution in [3.05, 3.63) is 54.7 Å². The second-order valence-electron chi connectivity index (χ2n) is 9.89. The van der Waals surface area contributed by atoms with Crippen LogP contribution in [-0.4, -0.2) is 38.7 Å². The summed E-state index contributed by atoms with van der Waals surface area (Å²) in [6.45, 7) is 5.56. The second-order valence-corrected chi connectivity index (χ2v) is 9.89. The average Bonchev–Trinajstić information content (AvgIpc) is 2.82. The van der Waals surface area contributed by atoms with Crippen LogP contribution in [0.1, 0.15) is 46.5 Å². The van der Waals surface area contributed by atoms with E-state index in [0.717, 1.165) is 25.7 Å². The molecule has 5 N–H and O–H groups in total. The summed E-state index contributed by atoms with van der Waals surface area (Å²) >= 11 is 0. The molecule has 1 aliphatic rings. The summed E-state index contributed by atoms with van der Waals surface area (Å²) in [6.07, 6.45) is 6.27. The quantitative estimate of drug-likeness (QED) is 0.343. The lowest BCUT2D eigenvalue weighted by molar-refractivity contribution is 0.0492. The molecule has 36 heavy (non-hydrogen) atoms. The third kappa shape index (κ3) is 6.80. The number of pyridine rings is 1. The van der Waals surface area contributed by atoms with E-state index in [1.807, 2.05) is 32.9 Å². The number of nitrogen functional groups attached to an aromatic ring is 1. The molecule has 0 atom stereocenters. The smallest absolute Gasteiger partial charge is 0.407 e. The summed E-state index contributed by atoms with van der Waals surface area (Å²) in [5, 5.41) is 9.63. The molecule has 0 radical (unpaired) electrons. The van der Waals surface area contributed by atoms with E-state index in [1.165, 1.54) is 18.5 Å². The molecule has 190 valence electrons. The minimum atomic E-state index is -0.512. The Hall–Kier alpha value is -3.95. The van der Waals surface area contributed by atoms with Gasteiger partial charge in [0.2, 0.25) is 0 Å². The van der Waals surface area contributed by atoms with Crippen molar-refractivity contribution < 1.29 is 13.9 Å². The summed E-state index contributed by atoms with van der Waals surface area (Å²) in [7, 11) is 0. The van der Waals surface area contributed by atoms with E-state index in [1.54, 1.807) is 18.3 Å². The Kier molecular flexibility index (Phi) is 7.52. The monoisotopic (exact) mass is 493 g/mol. The normalized spacial score (nSPS) is 17.8. The number of anilines is 4. The van der Waals surface area contributed by atoms with Crippen LogP contribution in [0.3, 0.4) is 0 Å². The van der Waals surface area contributed by atoms with Gasteiger partial charge >= 0.3 is 6.09 Å². The van der Waals surface area contributed by atoms with Crippen molar-refractivity contribution in [1.82, 2.24) is 20.3 Å². The molecule has 9 nitrogen and oxygen atoms in total. The lowest BCUT2D eigenvalue weighted by atomic mass is 9.91. The van der Waals surface area contributed by atoms with Gasteiger partial charge in [-0.1, -0.05) is 0 Å². The molecule has 2 aromatic heterocycles. The first-order chi connectivity index (χ1) is 17.2. The van der Waals surface area contributed by atoms with E-state index in [4.69, 9.17) is 10.5 Å². The number of rotatable bonds is 6. The molecule has 1 aliphatic carbocycles. The van der Waals surface area contributed by atoms with Crippen LogP contribution in [0, 0.1) is 5.82 Å². The Labute approximate surface area is 210 Å². The van der Waals surface area contributed by atoms with Gasteiger partial charge in [-0.15, -0.1) is 0 Å². The molecular formula is C26H32FN7O2. The largest absolute Gasteiger partial charge is 0.444 e. The third-order valence-corrected chi connectivity index (χ3v) is 5.80. The van der Waals surface area contributed by atoms with Gasteiger partial charge in [-0.3, -0.25) is 4.98 Å². The van der Waals surface area contributed by atoms with E-state index in [2.05, 4.69) is 30.9 Å². The van der Waals surface area contributed by atoms with Gasteiger partial charge in [0.15, 0.2) is 0 Å². The minimum absolute atomic E-state index is 0.0909. The Balaban J connectivity index is 1.39. The molecule has 4 rings (SSSR count). The van der Waals surface area contributed by atoms with E-state index in [-0.39, 0.29) is 23.9 Å². The van der Waals surface area contributed by atoms with Crippen molar-refractivity contribution in [3.8, 4) is 11.4 Å². The fraction of sp³-hybridized carbons (Fsp3) is 0.385. The number of carbonyl (C=O) groups excluding carboxylic acids is 1. The number of carbonyl (C=O) groups is 1. The maximum Gasteiger partial charge on any atom is 0.407 e. The number of nitrogens with two attached hydrogens (primary N) is 1. The molecular weight excluding hydrogens is 461 g/mol. The Morgan fingerprint density at radius 3 is 2.53 bits per heavy atom. The third-order valence-electron chi connectivity index (χ3n) is 5.80. The van der Waals surface area contributed by atoms with Crippen molar-refractivity contribution in [2.75, 3.05) is 16.4 Å². The standard InChI is InChI=1S/C26H32FN7O2/c1-26(2,3)36-25(35)34-17-8-6-16(7-9-17)33-23-14-22(30-15-31-23)24-21(5-4-12-29-24)32-18-10-11-20(28)19(27)13-18/h4-5,10-17,32H,6-9,28H2,1-3H3,(H,34,35)(H,30,31,33). The van der Waals surface area contributed by atoms with E-state index >= 15 is 0 Å². The van der Waals surface area contributed by atoms with Gasteiger partial charge in [-0.05, 0) is 76.8 Å². The number of nitrogens with one attached hydrogen (secondary N) is 3. The molecule has 0 saturated heterocycles. The summed E-state index contributed by atoms with van der Waals surface area (Å²) in [5.74, 6) is 0.202. The van der Waals surface area contributed by atoms with Crippen LogP contribution in [0.5, 0.6) is 0 Å². The first-order valence-electron chi connectivity index (χ1n) is 12.0. The number of amides is 1. The van der Waals surface area contributed by atoms with Crippen LogP contribution in [0.4, 0.5) is 32.1 Å². The molecule has 3 aromatic rings. The van der Waals surface area contributed by atoms with Crippen LogP contribution in [0.25, 0.3) is 11.4 Å². The molecule has 0 spiro atoms. The molecule has 0 bridgehead atoms. The molecule has 1 aromatic carbocycles. The predicted octanol–water partition coefficient (Wildman–Crippen LogP) is 5.25. The number of ether oxygens (including phenoxy) is 1. The van der Waals surface area contributed by atoms with Crippen molar-refractivity contribution in [2.45, 2.75) is 64.1 Å². The zero-order valence-corrected chi connectivity index (χ0v) is 20.7. The molecule has 10 heteroatoms. The topological polar surface area (TPSA) is 127 Å². The van der Waals surface area contributed by atoms with E-state index in [9.17, 15) is 9.18 Å². The highest BCUT2D eigenvalue weighted by Crippen LogP contribution is 2.29. The number of hydrogen-bond acceptors (Lipinski definition) is 8. The molecule has 1 amide bonds. The Morgan fingerprint density at radius 2 is 1.81 bits per heavy atom. The number of alkyl carbamates (subject to hydrolysis) is 1. The van der Waals surface area contributed by atoms with Crippen LogP contribution >= 0.6 is 0 Å². The lowest BCUT2D eigenvalue weighted by Gasteiger charge is -2.30. The zero-order chi connectivity index (χ0) is 25.7. The predicted molar refractivity (Wildman–Crippen MR) is 138 cm³/mol. The minimum Gasteiger partial charge on any atom is -0.444 e. The summed E-state index contributed by atoms with van der Waals surface area (Å²) < 4.78 is 19.3. The van der Waals surface area contributed by atoms with Crippen LogP contribution in [-0.2, 0) is 4.74 Å². The van der Waals surface area contributed by atoms with Gasteiger partial charge in [-0.2, -0.15) is 0 Å². The fourth-order valence-corrected chi connectivity index (χ4v) is 4.10. The molecule has 0 unspecified atom stereocenters. The maximum absolute atomic E-state index is 13.9. The van der Waals surface area contributed by atoms with Gasteiger partial charge in [0, 0.05) is 30.0 Å². The highest BCUT2D eigenvalue weighted by atomic mass is 19.1. The highest BCUT2D eigenvalue weighted by molar-refractivity contribution is 5.77. The van der Waals surface area contributed by atoms with Gasteiger partial charge in [0.1, 0.15) is 29.3 Å². The molecule has 1 fully saturated rings. The van der Waals surface area contributed by atoms with Gasteiger partial charge in [-0.25, -0.2) is 19.2 Å². The zero-order valence-electron chi connectivity index (χ0n) is 20.7. The van der Waals surface area contributed by atoms with Crippen LogP contribution < -0.4 is 21.7 Å². The van der Waals surface area contributed by atoms with Crippen LogP contribution in [0.2, 0.25) is 0 Å². The van der Waals surface area contributed by atoms with Crippen LogP contribution in [0.15, 0.2) is 48.9 Å². The first-order valence-corrected chi connectivity index (χ1v) is 12.0. The molecule has 0 aliphatic heterocycles. The number of nitrogens with zero attached hydrogens (tertiary/aromatic N) is 3. The average molecular weight is 494 g/mol. The van der Waals surface area contributed by atoms with Gasteiger partial charge in [0.05, 0.1) is 17.1 Å². The first kappa shape index (κ1) is 25.2. The van der Waals surface area contributed by atoms with Crippen molar-refractivity contribution in [2.24, 2.45) is 0 Å². The Morgan fingerprint density at radius 1 is 1.06 bits per heavy atom. The SMILES string of the molecule is CC(C)(C)OC(=O)NC1CCC(Nc2cc(-c3ncccc3Nc3ccc(N)c(F)c3)ncn2)CC1. The fourth-order valence-electron chi connectivity index (χ4n) is 4.10. The maximum atomic E-state index is 13.9. The van der Waals surface area contributed by atoms with Crippen molar-refractivity contribution in [1.29, 1.82) is 0 Å². The lowest BCUT2D eigenvalue weighted by Crippen LogP contribution is -2.42. The van der Waals surface area contributed by atoms with Crippen molar-refractivity contribution in [3.63, 3.8) is 0 Å². The summed E-state index contributed by atoms with van der Waals surface area (Å²) in [5.41, 5.74) is 7.65. The van der Waals surface area contributed by atoms with E-state index < -0.39 is 11.4 Å². The number of halogens is 1. The van der Waals surface area contributed by atoms with Gasteiger partial charge in [0.25, 0.3) is 0 Å². The Bertz CT molecular complexity index is 1210. The number of aromatic nitrogens is 3. The molecule has 2 heterocycles. The van der Waals surface area contributed by atoms with Gasteiger partial charge < -0.3 is 26.4 Å². The van der Waals surface area contributed by atoms with E-state index in [0.29, 0.717) is 28.6 Å². The van der Waals surface area contributed by atoms with Crippen molar-refractivity contribution >= 4 is 29.0 Å².